The number of ether oxygens (including phenoxy) is 1. The highest BCUT2D eigenvalue weighted by molar-refractivity contribution is 6.28. The highest BCUT2D eigenvalue weighted by Gasteiger charge is 2.07. The molecule has 6 nitrogen and oxygen atoms in total. The van der Waals surface area contributed by atoms with Gasteiger partial charge < -0.3 is 10.1 Å². The van der Waals surface area contributed by atoms with Crippen molar-refractivity contribution in [2.45, 2.75) is 6.92 Å². The van der Waals surface area contributed by atoms with Gasteiger partial charge in [-0.3, -0.25) is 4.98 Å². The van der Waals surface area contributed by atoms with E-state index < -0.39 is 0 Å². The van der Waals surface area contributed by atoms with Gasteiger partial charge in [-0.05, 0) is 30.7 Å². The molecule has 2 aromatic heterocycles. The molecule has 3 aromatic rings. The number of hydrogen-bond acceptors (Lipinski definition) is 6. The molecule has 21 heavy (non-hydrogen) atoms. The number of nitrogens with one attached hydrogen (secondary N) is 1. The van der Waals surface area contributed by atoms with Crippen LogP contribution in [0, 0.1) is 0 Å². The zero-order valence-electron chi connectivity index (χ0n) is 11.2. The summed E-state index contributed by atoms with van der Waals surface area (Å²) in [4.78, 5) is 16.3. The van der Waals surface area contributed by atoms with Crippen molar-refractivity contribution in [1.29, 1.82) is 0 Å². The van der Waals surface area contributed by atoms with Gasteiger partial charge in [-0.2, -0.15) is 15.0 Å². The molecule has 0 spiro atoms. The van der Waals surface area contributed by atoms with Gasteiger partial charge in [0.05, 0.1) is 11.7 Å². The van der Waals surface area contributed by atoms with Gasteiger partial charge in [0.15, 0.2) is 0 Å². The molecule has 0 saturated carbocycles. The van der Waals surface area contributed by atoms with E-state index in [1.807, 2.05) is 37.3 Å². The fraction of sp³-hybridized carbons (Fsp3) is 0.143. The number of para-hydroxylation sites is 1. The summed E-state index contributed by atoms with van der Waals surface area (Å²) in [5.41, 5.74) is 0.895. The molecule has 1 N–H and O–H groups in total. The summed E-state index contributed by atoms with van der Waals surface area (Å²) in [6.07, 6.45) is 1.62. The van der Waals surface area contributed by atoms with E-state index in [9.17, 15) is 0 Å². The van der Waals surface area contributed by atoms with Crippen LogP contribution in [0.15, 0.2) is 36.5 Å². The SMILES string of the molecule is CCNc1nc(Cl)nc(Oc2cnc3ccccc3c2)n1. The van der Waals surface area contributed by atoms with Crippen LogP contribution in [-0.2, 0) is 0 Å². The Kier molecular flexibility index (Phi) is 3.79. The smallest absolute Gasteiger partial charge is 0.328 e. The maximum absolute atomic E-state index is 5.85. The summed E-state index contributed by atoms with van der Waals surface area (Å²) < 4.78 is 5.61. The van der Waals surface area contributed by atoms with Crippen LogP contribution in [0.25, 0.3) is 10.9 Å². The van der Waals surface area contributed by atoms with Crippen LogP contribution in [0.3, 0.4) is 0 Å². The van der Waals surface area contributed by atoms with E-state index in [0.29, 0.717) is 18.2 Å². The second-order valence-electron chi connectivity index (χ2n) is 4.21. The van der Waals surface area contributed by atoms with Gasteiger partial charge in [-0.25, -0.2) is 0 Å². The quantitative estimate of drug-likeness (QED) is 0.797. The second kappa shape index (κ2) is 5.88. The number of hydrogen-bond donors (Lipinski definition) is 1. The minimum atomic E-state index is 0.0738. The van der Waals surface area contributed by atoms with Crippen molar-refractivity contribution in [3.05, 3.63) is 41.8 Å². The van der Waals surface area contributed by atoms with Crippen molar-refractivity contribution in [3.8, 4) is 11.8 Å². The molecule has 0 amide bonds. The number of aromatic nitrogens is 4. The van der Waals surface area contributed by atoms with E-state index in [2.05, 4.69) is 25.3 Å². The van der Waals surface area contributed by atoms with Crippen molar-refractivity contribution in [3.63, 3.8) is 0 Å². The van der Waals surface area contributed by atoms with Crippen molar-refractivity contribution < 1.29 is 4.74 Å². The Bertz CT molecular complexity index is 780. The predicted molar refractivity (Wildman–Crippen MR) is 80.8 cm³/mol. The zero-order valence-corrected chi connectivity index (χ0v) is 12.0. The largest absolute Gasteiger partial charge is 0.422 e. The average molecular weight is 302 g/mol. The molecular formula is C14H12ClN5O. The minimum Gasteiger partial charge on any atom is -0.422 e. The van der Waals surface area contributed by atoms with Gasteiger partial charge in [0.25, 0.3) is 0 Å². The lowest BCUT2D eigenvalue weighted by molar-refractivity contribution is 0.439. The Morgan fingerprint density at radius 3 is 2.90 bits per heavy atom. The summed E-state index contributed by atoms with van der Waals surface area (Å²) >= 11 is 5.85. The Balaban J connectivity index is 1.90. The van der Waals surface area contributed by atoms with Gasteiger partial charge in [0, 0.05) is 11.9 Å². The number of nitrogens with zero attached hydrogens (tertiary/aromatic N) is 4. The van der Waals surface area contributed by atoms with E-state index in [0.717, 1.165) is 10.9 Å². The number of halogens is 1. The molecular weight excluding hydrogens is 290 g/mol. The summed E-state index contributed by atoms with van der Waals surface area (Å²) in [7, 11) is 0. The van der Waals surface area contributed by atoms with E-state index in [-0.39, 0.29) is 11.3 Å². The second-order valence-corrected chi connectivity index (χ2v) is 4.54. The number of fused-ring (bicyclic) bond motifs is 1. The van der Waals surface area contributed by atoms with Crippen molar-refractivity contribution in [2.24, 2.45) is 0 Å². The van der Waals surface area contributed by atoms with Gasteiger partial charge in [0.1, 0.15) is 5.75 Å². The van der Waals surface area contributed by atoms with Gasteiger partial charge in [-0.1, -0.05) is 18.2 Å². The molecule has 2 heterocycles. The third-order valence-electron chi connectivity index (χ3n) is 2.70. The summed E-state index contributed by atoms with van der Waals surface area (Å²) in [6.45, 7) is 2.61. The minimum absolute atomic E-state index is 0.0738. The topological polar surface area (TPSA) is 72.8 Å². The molecule has 0 aliphatic rings. The Morgan fingerprint density at radius 1 is 1.19 bits per heavy atom. The van der Waals surface area contributed by atoms with Crippen LogP contribution in [0.4, 0.5) is 5.95 Å². The first-order valence-electron chi connectivity index (χ1n) is 6.42. The lowest BCUT2D eigenvalue weighted by atomic mass is 10.2. The molecule has 106 valence electrons. The van der Waals surface area contributed by atoms with E-state index in [1.165, 1.54) is 0 Å². The normalized spacial score (nSPS) is 10.6. The van der Waals surface area contributed by atoms with Crippen molar-refractivity contribution >= 4 is 28.5 Å². The van der Waals surface area contributed by atoms with Crippen LogP contribution >= 0.6 is 11.6 Å². The fourth-order valence-electron chi connectivity index (χ4n) is 1.83. The third-order valence-corrected chi connectivity index (χ3v) is 2.87. The number of anilines is 1. The van der Waals surface area contributed by atoms with Crippen molar-refractivity contribution in [2.75, 3.05) is 11.9 Å². The van der Waals surface area contributed by atoms with Crippen molar-refractivity contribution in [1.82, 2.24) is 19.9 Å². The van der Waals surface area contributed by atoms with Gasteiger partial charge in [0.2, 0.25) is 11.2 Å². The first-order valence-corrected chi connectivity index (χ1v) is 6.80. The summed E-state index contributed by atoms with van der Waals surface area (Å²) in [5, 5.41) is 4.01. The van der Waals surface area contributed by atoms with Crippen LogP contribution in [0.1, 0.15) is 6.92 Å². The molecule has 0 aliphatic heterocycles. The molecule has 1 aromatic carbocycles. The molecule has 0 radical (unpaired) electrons. The molecule has 0 saturated heterocycles. The zero-order chi connectivity index (χ0) is 14.7. The standard InChI is InChI=1S/C14H12ClN5O/c1-2-16-13-18-12(15)19-14(20-13)21-10-7-9-5-3-4-6-11(9)17-8-10/h3-8H,2H2,1H3,(H,16,18,19,20). The number of benzene rings is 1. The van der Waals surface area contributed by atoms with E-state index in [4.69, 9.17) is 16.3 Å². The van der Waals surface area contributed by atoms with E-state index in [1.54, 1.807) is 6.20 Å². The molecule has 0 aliphatic carbocycles. The van der Waals surface area contributed by atoms with Crippen LogP contribution in [0.2, 0.25) is 5.28 Å². The van der Waals surface area contributed by atoms with Gasteiger partial charge in [-0.15, -0.1) is 0 Å². The average Bonchev–Trinajstić information content (AvgIpc) is 2.47. The lowest BCUT2D eigenvalue weighted by Crippen LogP contribution is -2.04. The van der Waals surface area contributed by atoms with E-state index >= 15 is 0 Å². The summed E-state index contributed by atoms with van der Waals surface area (Å²) in [5.74, 6) is 0.916. The van der Waals surface area contributed by atoms with Gasteiger partial charge >= 0.3 is 6.01 Å². The maximum atomic E-state index is 5.85. The summed E-state index contributed by atoms with van der Waals surface area (Å²) in [6, 6.07) is 9.76. The Labute approximate surface area is 126 Å². The highest BCUT2D eigenvalue weighted by atomic mass is 35.5. The van der Waals surface area contributed by atoms with Crippen LogP contribution < -0.4 is 10.1 Å². The Hall–Kier alpha value is -2.47. The molecule has 3 rings (SSSR count). The lowest BCUT2D eigenvalue weighted by Gasteiger charge is -2.06. The maximum Gasteiger partial charge on any atom is 0.328 e. The Morgan fingerprint density at radius 2 is 2.05 bits per heavy atom. The fourth-order valence-corrected chi connectivity index (χ4v) is 1.98. The number of pyridine rings is 1. The predicted octanol–water partition coefficient (Wildman–Crippen LogP) is 3.30. The molecule has 0 unspecified atom stereocenters. The number of rotatable bonds is 4. The molecule has 7 heteroatoms. The third kappa shape index (κ3) is 3.17. The first kappa shape index (κ1) is 13.5. The first-order chi connectivity index (χ1) is 10.2. The molecule has 0 fully saturated rings. The highest BCUT2D eigenvalue weighted by Crippen LogP contribution is 2.22. The molecule has 0 bridgehead atoms. The molecule has 0 atom stereocenters. The monoisotopic (exact) mass is 301 g/mol. The van der Waals surface area contributed by atoms with Crippen LogP contribution in [0.5, 0.6) is 11.8 Å². The van der Waals surface area contributed by atoms with Crippen LogP contribution in [-0.4, -0.2) is 26.5 Å².